The maximum Gasteiger partial charge on any atom is 0.325 e. The Balaban J connectivity index is 2.45. The molecule has 1 rings (SSSR count). The molecule has 0 aliphatic rings. The molecule has 0 saturated carbocycles. The highest BCUT2D eigenvalue weighted by molar-refractivity contribution is 5.99. The molecular formula is C18H25N3O4. The molecule has 25 heavy (non-hydrogen) atoms. The van der Waals surface area contributed by atoms with Crippen molar-refractivity contribution in [2.75, 3.05) is 25.1 Å². The van der Waals surface area contributed by atoms with Crippen molar-refractivity contribution in [3.63, 3.8) is 0 Å². The highest BCUT2D eigenvalue weighted by atomic mass is 16.6. The molecule has 1 aromatic carbocycles. The first-order valence-electron chi connectivity index (χ1n) is 8.15. The molecule has 0 aromatic heterocycles. The van der Waals surface area contributed by atoms with Gasteiger partial charge in [0.15, 0.2) is 0 Å². The van der Waals surface area contributed by atoms with Crippen LogP contribution in [0.15, 0.2) is 41.6 Å². The first kappa shape index (κ1) is 20.2. The predicted molar refractivity (Wildman–Crippen MR) is 97.7 cm³/mol. The summed E-state index contributed by atoms with van der Waals surface area (Å²) in [6.07, 6.45) is 4.49. The fraction of sp³-hybridized carbons (Fsp3) is 0.389. The van der Waals surface area contributed by atoms with Gasteiger partial charge in [0.25, 0.3) is 0 Å². The summed E-state index contributed by atoms with van der Waals surface area (Å²) in [5, 5.41) is 9.09. The Morgan fingerprint density at radius 2 is 1.96 bits per heavy atom. The second-order valence-electron chi connectivity index (χ2n) is 5.15. The van der Waals surface area contributed by atoms with E-state index in [4.69, 9.17) is 9.57 Å². The number of esters is 1. The van der Waals surface area contributed by atoms with E-state index in [1.165, 1.54) is 0 Å². The van der Waals surface area contributed by atoms with E-state index in [0.717, 1.165) is 17.7 Å². The molecule has 0 fully saturated rings. The van der Waals surface area contributed by atoms with E-state index in [1.807, 2.05) is 45.1 Å². The SMILES string of the molecule is C/C=C/CON=C(C)c1ccc(NC(=O)NCC(=O)OCCC)cc1. The minimum absolute atomic E-state index is 0.167. The summed E-state index contributed by atoms with van der Waals surface area (Å²) in [4.78, 5) is 28.2. The zero-order valence-electron chi connectivity index (χ0n) is 14.9. The maximum atomic E-state index is 11.7. The average Bonchev–Trinajstić information content (AvgIpc) is 2.62. The number of nitrogens with one attached hydrogen (secondary N) is 2. The van der Waals surface area contributed by atoms with Crippen LogP contribution >= 0.6 is 0 Å². The first-order chi connectivity index (χ1) is 12.1. The van der Waals surface area contributed by atoms with E-state index in [1.54, 1.807) is 12.1 Å². The van der Waals surface area contributed by atoms with Gasteiger partial charge in [0.05, 0.1) is 12.3 Å². The quantitative estimate of drug-likeness (QED) is 0.236. The molecular weight excluding hydrogens is 322 g/mol. The zero-order chi connectivity index (χ0) is 18.5. The van der Waals surface area contributed by atoms with Gasteiger partial charge in [-0.25, -0.2) is 4.79 Å². The summed E-state index contributed by atoms with van der Waals surface area (Å²) >= 11 is 0. The lowest BCUT2D eigenvalue weighted by atomic mass is 10.1. The van der Waals surface area contributed by atoms with Crippen LogP contribution < -0.4 is 10.6 Å². The van der Waals surface area contributed by atoms with Gasteiger partial charge in [-0.05, 0) is 44.0 Å². The number of oxime groups is 1. The van der Waals surface area contributed by atoms with Crippen molar-refractivity contribution in [2.45, 2.75) is 27.2 Å². The van der Waals surface area contributed by atoms with Crippen LogP contribution in [0.25, 0.3) is 0 Å². The Morgan fingerprint density at radius 3 is 2.60 bits per heavy atom. The number of hydrogen-bond donors (Lipinski definition) is 2. The number of benzene rings is 1. The maximum absolute atomic E-state index is 11.7. The van der Waals surface area contributed by atoms with Gasteiger partial charge < -0.3 is 20.2 Å². The van der Waals surface area contributed by atoms with Crippen molar-refractivity contribution in [2.24, 2.45) is 5.16 Å². The minimum atomic E-state index is -0.471. The van der Waals surface area contributed by atoms with Crippen molar-refractivity contribution in [1.82, 2.24) is 5.32 Å². The van der Waals surface area contributed by atoms with Gasteiger partial charge in [-0.15, -0.1) is 0 Å². The van der Waals surface area contributed by atoms with Crippen LogP contribution in [0.1, 0.15) is 32.8 Å². The monoisotopic (exact) mass is 347 g/mol. The number of nitrogens with zero attached hydrogens (tertiary/aromatic N) is 1. The molecule has 7 nitrogen and oxygen atoms in total. The summed E-state index contributed by atoms with van der Waals surface area (Å²) in [6.45, 7) is 6.26. The van der Waals surface area contributed by atoms with Crippen molar-refractivity contribution >= 4 is 23.4 Å². The Kier molecular flexibility index (Phi) is 9.43. The highest BCUT2D eigenvalue weighted by Crippen LogP contribution is 2.10. The lowest BCUT2D eigenvalue weighted by Crippen LogP contribution is -2.34. The molecule has 7 heteroatoms. The number of carbonyl (C=O) groups excluding carboxylic acids is 2. The number of carbonyl (C=O) groups is 2. The molecule has 136 valence electrons. The number of ether oxygens (including phenoxy) is 1. The molecule has 0 aliphatic heterocycles. The average molecular weight is 347 g/mol. The van der Waals surface area contributed by atoms with E-state index in [9.17, 15) is 9.59 Å². The molecule has 0 unspecified atom stereocenters. The molecule has 0 aliphatic carbocycles. The Hall–Kier alpha value is -2.83. The summed E-state index contributed by atoms with van der Waals surface area (Å²) in [7, 11) is 0. The number of amides is 2. The van der Waals surface area contributed by atoms with Crippen LogP contribution in [0.3, 0.4) is 0 Å². The fourth-order valence-corrected chi connectivity index (χ4v) is 1.72. The van der Waals surface area contributed by atoms with Crippen LogP contribution in [-0.4, -0.2) is 37.5 Å². The van der Waals surface area contributed by atoms with Gasteiger partial charge in [-0.2, -0.15) is 0 Å². The van der Waals surface area contributed by atoms with E-state index in [2.05, 4.69) is 15.8 Å². The van der Waals surface area contributed by atoms with Gasteiger partial charge in [-0.1, -0.05) is 30.3 Å². The van der Waals surface area contributed by atoms with Crippen LogP contribution in [0.2, 0.25) is 0 Å². The minimum Gasteiger partial charge on any atom is -0.464 e. The van der Waals surface area contributed by atoms with Crippen molar-refractivity contribution in [1.29, 1.82) is 0 Å². The Bertz CT molecular complexity index is 609. The topological polar surface area (TPSA) is 89.0 Å². The standard InChI is InChI=1S/C18H25N3O4/c1-4-6-12-25-21-14(3)15-7-9-16(10-8-15)20-18(23)19-13-17(22)24-11-5-2/h4,6-10H,5,11-13H2,1-3H3,(H2,19,20,23)/b6-4+,21-14?. The Labute approximate surface area is 148 Å². The largest absolute Gasteiger partial charge is 0.464 e. The summed E-state index contributed by atoms with van der Waals surface area (Å²) < 4.78 is 4.87. The van der Waals surface area contributed by atoms with Crippen LogP contribution in [0.5, 0.6) is 0 Å². The van der Waals surface area contributed by atoms with E-state index >= 15 is 0 Å². The summed E-state index contributed by atoms with van der Waals surface area (Å²) in [5.74, 6) is -0.461. The van der Waals surface area contributed by atoms with E-state index < -0.39 is 12.0 Å². The zero-order valence-corrected chi connectivity index (χ0v) is 14.9. The van der Waals surface area contributed by atoms with Crippen LogP contribution in [-0.2, 0) is 14.4 Å². The number of anilines is 1. The Morgan fingerprint density at radius 1 is 1.24 bits per heavy atom. The first-order valence-corrected chi connectivity index (χ1v) is 8.15. The number of rotatable bonds is 9. The van der Waals surface area contributed by atoms with Crippen molar-refractivity contribution in [3.8, 4) is 0 Å². The third-order valence-corrected chi connectivity index (χ3v) is 3.03. The van der Waals surface area contributed by atoms with Gasteiger partial charge in [0, 0.05) is 5.69 Å². The molecule has 0 heterocycles. The molecule has 1 aromatic rings. The third kappa shape index (κ3) is 8.55. The highest BCUT2D eigenvalue weighted by Gasteiger charge is 2.06. The molecule has 0 saturated heterocycles. The van der Waals surface area contributed by atoms with Crippen LogP contribution in [0.4, 0.5) is 10.5 Å². The van der Waals surface area contributed by atoms with Gasteiger partial charge in [0.1, 0.15) is 13.2 Å². The summed E-state index contributed by atoms with van der Waals surface area (Å²) in [5.41, 5.74) is 2.22. The van der Waals surface area contributed by atoms with Crippen molar-refractivity contribution < 1.29 is 19.2 Å². The molecule has 2 N–H and O–H groups in total. The van der Waals surface area contributed by atoms with E-state index in [-0.39, 0.29) is 6.54 Å². The lowest BCUT2D eigenvalue weighted by molar-refractivity contribution is -0.142. The smallest absolute Gasteiger partial charge is 0.325 e. The molecule has 0 spiro atoms. The van der Waals surface area contributed by atoms with Gasteiger partial charge in [0.2, 0.25) is 0 Å². The second kappa shape index (κ2) is 11.7. The second-order valence-corrected chi connectivity index (χ2v) is 5.15. The fourth-order valence-electron chi connectivity index (χ4n) is 1.72. The molecule has 0 atom stereocenters. The molecule has 2 amide bonds. The van der Waals surface area contributed by atoms with Crippen LogP contribution in [0, 0.1) is 0 Å². The molecule has 0 bridgehead atoms. The van der Waals surface area contributed by atoms with Gasteiger partial charge >= 0.3 is 12.0 Å². The van der Waals surface area contributed by atoms with E-state index in [0.29, 0.717) is 18.9 Å². The predicted octanol–water partition coefficient (Wildman–Crippen LogP) is 3.08. The summed E-state index contributed by atoms with van der Waals surface area (Å²) in [6, 6.07) is 6.66. The van der Waals surface area contributed by atoms with Crippen molar-refractivity contribution in [3.05, 3.63) is 42.0 Å². The number of hydrogen-bond acceptors (Lipinski definition) is 5. The number of urea groups is 1. The lowest BCUT2D eigenvalue weighted by Gasteiger charge is -2.08. The normalized spacial score (nSPS) is 11.2. The van der Waals surface area contributed by atoms with Gasteiger partial charge in [-0.3, -0.25) is 4.79 Å². The molecule has 0 radical (unpaired) electrons. The third-order valence-electron chi connectivity index (χ3n) is 3.03. The number of allylic oxidation sites excluding steroid dienone is 1.